The quantitative estimate of drug-likeness (QED) is 0.675. The van der Waals surface area contributed by atoms with Gasteiger partial charge in [-0.1, -0.05) is 0 Å². The normalized spacial score (nSPS) is 13.3. The van der Waals surface area contributed by atoms with E-state index in [4.69, 9.17) is 0 Å². The van der Waals surface area contributed by atoms with Crippen LogP contribution in [-0.4, -0.2) is 30.7 Å². The van der Waals surface area contributed by atoms with Gasteiger partial charge >= 0.3 is 5.69 Å². The summed E-state index contributed by atoms with van der Waals surface area (Å²) >= 11 is 0. The molecular weight excluding hydrogens is 184 g/mol. The van der Waals surface area contributed by atoms with E-state index in [1.807, 2.05) is 0 Å². The van der Waals surface area contributed by atoms with Crippen molar-refractivity contribution >= 4 is 11.2 Å². The number of aromatic nitrogens is 4. The van der Waals surface area contributed by atoms with Crippen molar-refractivity contribution in [2.24, 2.45) is 0 Å². The van der Waals surface area contributed by atoms with Crippen LogP contribution in [0, 0.1) is 0 Å². The summed E-state index contributed by atoms with van der Waals surface area (Å²) in [6.07, 6.45) is 2.33. The van der Waals surface area contributed by atoms with Crippen LogP contribution in [0.1, 0.15) is 6.92 Å². The van der Waals surface area contributed by atoms with Crippen molar-refractivity contribution in [1.29, 1.82) is 0 Å². The van der Waals surface area contributed by atoms with Crippen LogP contribution in [0.25, 0.3) is 11.2 Å². The van der Waals surface area contributed by atoms with E-state index in [9.17, 15) is 9.90 Å². The second kappa shape index (κ2) is 3.22. The van der Waals surface area contributed by atoms with Crippen molar-refractivity contribution in [2.45, 2.75) is 19.6 Å². The number of fused-ring (bicyclic) bond motifs is 1. The maximum absolute atomic E-state index is 11.4. The van der Waals surface area contributed by atoms with Crippen LogP contribution in [0.3, 0.4) is 0 Å². The number of aliphatic hydroxyl groups is 1. The zero-order valence-electron chi connectivity index (χ0n) is 7.64. The number of hydrogen-bond acceptors (Lipinski definition) is 4. The Bertz CT molecular complexity index is 499. The maximum atomic E-state index is 11.4. The zero-order chi connectivity index (χ0) is 10.1. The molecule has 0 radical (unpaired) electrons. The Morgan fingerprint density at radius 3 is 3.21 bits per heavy atom. The third-order valence-electron chi connectivity index (χ3n) is 1.90. The highest BCUT2D eigenvalue weighted by molar-refractivity contribution is 5.68. The summed E-state index contributed by atoms with van der Waals surface area (Å²) in [6.45, 7) is 1.86. The Labute approximate surface area is 79.2 Å². The molecule has 2 N–H and O–H groups in total. The summed E-state index contributed by atoms with van der Waals surface area (Å²) in [7, 11) is 0. The van der Waals surface area contributed by atoms with E-state index in [1.165, 1.54) is 10.9 Å². The van der Waals surface area contributed by atoms with E-state index >= 15 is 0 Å². The molecule has 2 heterocycles. The molecule has 0 spiro atoms. The Hall–Kier alpha value is -1.69. The molecule has 2 rings (SSSR count). The van der Waals surface area contributed by atoms with E-state index in [1.54, 1.807) is 13.1 Å². The van der Waals surface area contributed by atoms with E-state index < -0.39 is 6.10 Å². The van der Waals surface area contributed by atoms with Crippen molar-refractivity contribution < 1.29 is 5.11 Å². The first-order valence-corrected chi connectivity index (χ1v) is 4.25. The topological polar surface area (TPSA) is 83.8 Å². The highest BCUT2D eigenvalue weighted by Gasteiger charge is 2.08. The molecule has 0 fully saturated rings. The standard InChI is InChI=1S/C8H10N4O2/c1-5(13)3-12-6-2-9-4-10-7(6)11-8(12)14/h2,4-5,13H,3H2,1H3,(H,9,10,11,14)/t5-/m0/s1. The Morgan fingerprint density at radius 1 is 1.71 bits per heavy atom. The minimum atomic E-state index is -0.577. The van der Waals surface area contributed by atoms with Gasteiger partial charge in [-0.3, -0.25) is 9.55 Å². The van der Waals surface area contributed by atoms with Gasteiger partial charge in [-0.15, -0.1) is 0 Å². The fraction of sp³-hybridized carbons (Fsp3) is 0.375. The molecule has 6 nitrogen and oxygen atoms in total. The molecule has 6 heteroatoms. The third kappa shape index (κ3) is 1.39. The summed E-state index contributed by atoms with van der Waals surface area (Å²) in [6, 6.07) is 0. The highest BCUT2D eigenvalue weighted by atomic mass is 16.3. The van der Waals surface area contributed by atoms with E-state index in [0.29, 0.717) is 11.2 Å². The summed E-state index contributed by atoms with van der Waals surface area (Å²) in [4.78, 5) is 21.7. The van der Waals surface area contributed by atoms with Gasteiger partial charge in [0.2, 0.25) is 0 Å². The monoisotopic (exact) mass is 194 g/mol. The lowest BCUT2D eigenvalue weighted by molar-refractivity contribution is 0.174. The number of imidazole rings is 1. The average molecular weight is 194 g/mol. The highest BCUT2D eigenvalue weighted by Crippen LogP contribution is 2.04. The number of nitrogens with zero attached hydrogens (tertiary/aromatic N) is 3. The van der Waals surface area contributed by atoms with E-state index in [-0.39, 0.29) is 12.2 Å². The minimum absolute atomic E-state index is 0.242. The number of aromatic amines is 1. The number of nitrogens with one attached hydrogen (secondary N) is 1. The fourth-order valence-corrected chi connectivity index (χ4v) is 1.34. The van der Waals surface area contributed by atoms with Crippen molar-refractivity contribution in [2.75, 3.05) is 0 Å². The van der Waals surface area contributed by atoms with E-state index in [2.05, 4.69) is 15.0 Å². The van der Waals surface area contributed by atoms with Crippen LogP contribution in [0.5, 0.6) is 0 Å². The van der Waals surface area contributed by atoms with Gasteiger partial charge < -0.3 is 5.11 Å². The van der Waals surface area contributed by atoms with Crippen LogP contribution >= 0.6 is 0 Å². The summed E-state index contributed by atoms with van der Waals surface area (Å²) in [5.41, 5.74) is 0.824. The number of aliphatic hydroxyl groups excluding tert-OH is 1. The second-order valence-electron chi connectivity index (χ2n) is 3.15. The second-order valence-corrected chi connectivity index (χ2v) is 3.15. The Kier molecular flexibility index (Phi) is 2.05. The number of hydrogen-bond donors (Lipinski definition) is 2. The molecule has 0 amide bonds. The first kappa shape index (κ1) is 8.89. The van der Waals surface area contributed by atoms with Crippen LogP contribution in [-0.2, 0) is 6.54 Å². The molecule has 0 saturated carbocycles. The van der Waals surface area contributed by atoms with Gasteiger partial charge in [0.25, 0.3) is 0 Å². The lowest BCUT2D eigenvalue weighted by Crippen LogP contribution is -2.22. The van der Waals surface area contributed by atoms with Gasteiger partial charge in [-0.05, 0) is 6.92 Å². The third-order valence-corrected chi connectivity index (χ3v) is 1.90. The molecule has 0 aliphatic rings. The zero-order valence-corrected chi connectivity index (χ0v) is 7.64. The molecule has 74 valence electrons. The molecule has 0 unspecified atom stereocenters. The van der Waals surface area contributed by atoms with Crippen molar-refractivity contribution in [1.82, 2.24) is 19.5 Å². The number of H-pyrrole nitrogens is 1. The van der Waals surface area contributed by atoms with Gasteiger partial charge in [0.05, 0.1) is 18.8 Å². The molecule has 14 heavy (non-hydrogen) atoms. The van der Waals surface area contributed by atoms with Gasteiger partial charge in [-0.25, -0.2) is 14.8 Å². The molecular formula is C8H10N4O2. The molecule has 2 aromatic heterocycles. The first-order valence-electron chi connectivity index (χ1n) is 4.25. The lowest BCUT2D eigenvalue weighted by Gasteiger charge is -2.04. The van der Waals surface area contributed by atoms with Crippen molar-refractivity contribution in [3.05, 3.63) is 23.0 Å². The molecule has 0 bridgehead atoms. The van der Waals surface area contributed by atoms with Gasteiger partial charge in [0.1, 0.15) is 11.8 Å². The van der Waals surface area contributed by atoms with Crippen molar-refractivity contribution in [3.63, 3.8) is 0 Å². The summed E-state index contributed by atoms with van der Waals surface area (Å²) in [5.74, 6) is 0. The predicted octanol–water partition coefficient (Wildman–Crippen LogP) is -0.500. The Balaban J connectivity index is 2.62. The summed E-state index contributed by atoms with van der Waals surface area (Å²) in [5, 5.41) is 9.19. The largest absolute Gasteiger partial charge is 0.392 e. The van der Waals surface area contributed by atoms with E-state index in [0.717, 1.165) is 0 Å². The van der Waals surface area contributed by atoms with Crippen LogP contribution in [0.15, 0.2) is 17.3 Å². The SMILES string of the molecule is C[C@H](O)Cn1c(=O)[nH]c2ncncc21. The predicted molar refractivity (Wildman–Crippen MR) is 49.8 cm³/mol. The Morgan fingerprint density at radius 2 is 2.50 bits per heavy atom. The van der Waals surface area contributed by atoms with Gasteiger partial charge in [0.15, 0.2) is 5.65 Å². The van der Waals surface area contributed by atoms with Crippen LogP contribution in [0.4, 0.5) is 0 Å². The average Bonchev–Trinajstić information content (AvgIpc) is 2.43. The molecule has 0 saturated heterocycles. The van der Waals surface area contributed by atoms with Gasteiger partial charge in [0, 0.05) is 0 Å². The molecule has 0 aliphatic carbocycles. The van der Waals surface area contributed by atoms with Crippen molar-refractivity contribution in [3.8, 4) is 0 Å². The van der Waals surface area contributed by atoms with Gasteiger partial charge in [-0.2, -0.15) is 0 Å². The lowest BCUT2D eigenvalue weighted by atomic mass is 10.4. The molecule has 1 atom stereocenters. The molecule has 0 aromatic carbocycles. The smallest absolute Gasteiger partial charge is 0.327 e. The minimum Gasteiger partial charge on any atom is -0.392 e. The van der Waals surface area contributed by atoms with Crippen LogP contribution in [0.2, 0.25) is 0 Å². The number of rotatable bonds is 2. The fourth-order valence-electron chi connectivity index (χ4n) is 1.34. The van der Waals surface area contributed by atoms with Crippen LogP contribution < -0.4 is 5.69 Å². The maximum Gasteiger partial charge on any atom is 0.327 e. The molecule has 2 aromatic rings. The summed E-state index contributed by atoms with van der Waals surface area (Å²) < 4.78 is 1.42. The molecule has 0 aliphatic heterocycles. The first-order chi connectivity index (χ1) is 6.68.